The lowest BCUT2D eigenvalue weighted by Crippen LogP contribution is -2.33. The Bertz CT molecular complexity index is 665. The van der Waals surface area contributed by atoms with E-state index in [0.717, 1.165) is 11.1 Å². The zero-order chi connectivity index (χ0) is 17.6. The van der Waals surface area contributed by atoms with Crippen LogP contribution in [-0.2, 0) is 4.74 Å². The van der Waals surface area contributed by atoms with Crippen LogP contribution in [0.3, 0.4) is 0 Å². The first kappa shape index (κ1) is 18.9. The number of rotatable bonds is 9. The third-order valence-corrected chi connectivity index (χ3v) is 4.32. The van der Waals surface area contributed by atoms with Gasteiger partial charge in [0.1, 0.15) is 17.1 Å². The number of aliphatic hydroxyl groups excluding tert-OH is 1. The van der Waals surface area contributed by atoms with Crippen LogP contribution in [0.1, 0.15) is 0 Å². The third kappa shape index (κ3) is 5.03. The quantitative estimate of drug-likeness (QED) is 0.266. The summed E-state index contributed by atoms with van der Waals surface area (Å²) >= 11 is 0. The molecular weight excluding hydrogens is 334 g/mol. The van der Waals surface area contributed by atoms with Gasteiger partial charge in [-0.15, -0.1) is 0 Å². The van der Waals surface area contributed by atoms with Gasteiger partial charge in [-0.25, -0.2) is 0 Å². The lowest BCUT2D eigenvalue weighted by Gasteiger charge is -2.21. The molecule has 0 aliphatic heterocycles. The van der Waals surface area contributed by atoms with Gasteiger partial charge in [0.25, 0.3) is 0 Å². The van der Waals surface area contributed by atoms with Gasteiger partial charge in [0.2, 0.25) is 0 Å². The number of ether oxygens (including phenoxy) is 1. The van der Waals surface area contributed by atoms with E-state index >= 15 is 0 Å². The molecule has 0 heterocycles. The second-order valence-corrected chi connectivity index (χ2v) is 6.61. The van der Waals surface area contributed by atoms with Crippen molar-refractivity contribution < 1.29 is 23.5 Å². The van der Waals surface area contributed by atoms with Crippen LogP contribution in [-0.4, -0.2) is 51.4 Å². The maximum absolute atomic E-state index is 9.54. The molecule has 0 saturated carbocycles. The normalized spacial score (nSPS) is 13.9. The highest BCUT2D eigenvalue weighted by molar-refractivity contribution is 8.19. The summed E-state index contributed by atoms with van der Waals surface area (Å²) in [6, 6.07) is 10.4. The van der Waals surface area contributed by atoms with Gasteiger partial charge in [0.05, 0.1) is 18.2 Å². The van der Waals surface area contributed by atoms with E-state index in [4.69, 9.17) is 15.6 Å². The van der Waals surface area contributed by atoms with Gasteiger partial charge in [-0.1, -0.05) is 24.3 Å². The van der Waals surface area contributed by atoms with Crippen LogP contribution in [0.4, 0.5) is 5.69 Å². The van der Waals surface area contributed by atoms with Crippen LogP contribution in [0.25, 0.3) is 10.8 Å². The van der Waals surface area contributed by atoms with Crippen molar-refractivity contribution in [3.63, 3.8) is 0 Å². The molecule has 0 fully saturated rings. The van der Waals surface area contributed by atoms with Crippen molar-refractivity contribution in [3.05, 3.63) is 36.4 Å². The molecule has 2 rings (SSSR count). The Kier molecular flexibility index (Phi) is 6.78. The number of aliphatic hydroxyl groups is 1. The van der Waals surface area contributed by atoms with E-state index in [1.165, 1.54) is 6.07 Å². The second-order valence-electron chi connectivity index (χ2n) is 5.13. The molecule has 0 aliphatic carbocycles. The predicted molar refractivity (Wildman–Crippen MR) is 95.2 cm³/mol. The Labute approximate surface area is 141 Å². The summed E-state index contributed by atoms with van der Waals surface area (Å²) in [4.78, 5) is 0.105. The Hall–Kier alpha value is -1.43. The monoisotopic (exact) mass is 357 g/mol. The Balaban J connectivity index is 1.98. The summed E-state index contributed by atoms with van der Waals surface area (Å²) in [6.45, 7) is 1.19. The van der Waals surface area contributed by atoms with E-state index in [9.17, 15) is 13.7 Å². The number of hydrogen-bond acceptors (Lipinski definition) is 8. The maximum atomic E-state index is 9.54. The van der Waals surface area contributed by atoms with Gasteiger partial charge in [0.15, 0.2) is 0 Å². The minimum absolute atomic E-state index is 0.105. The fourth-order valence-corrected chi connectivity index (χ4v) is 2.98. The molecular formula is C15H23N3O5S. The molecule has 2 aromatic carbocycles. The molecule has 0 amide bonds. The first-order valence-electron chi connectivity index (χ1n) is 7.38. The minimum atomic E-state index is -3.78. The zero-order valence-electron chi connectivity index (χ0n) is 13.1. The van der Waals surface area contributed by atoms with Crippen molar-refractivity contribution in [2.24, 2.45) is 5.73 Å². The third-order valence-electron chi connectivity index (χ3n) is 3.37. The first-order chi connectivity index (χ1) is 11.4. The van der Waals surface area contributed by atoms with Crippen LogP contribution in [0.15, 0.2) is 41.3 Å². The molecule has 134 valence electrons. The number of anilines is 1. The van der Waals surface area contributed by atoms with Crippen molar-refractivity contribution in [1.82, 2.24) is 5.32 Å². The number of hydrogen-bond donors (Lipinski definition) is 7. The highest BCUT2D eigenvalue weighted by Crippen LogP contribution is 2.47. The van der Waals surface area contributed by atoms with Gasteiger partial charge in [0, 0.05) is 29.5 Å². The average molecular weight is 357 g/mol. The summed E-state index contributed by atoms with van der Waals surface area (Å²) in [5.74, 6) is 0. The van der Waals surface area contributed by atoms with Gasteiger partial charge >= 0.3 is 0 Å². The van der Waals surface area contributed by atoms with Crippen LogP contribution >= 0.6 is 10.9 Å². The van der Waals surface area contributed by atoms with E-state index in [0.29, 0.717) is 18.5 Å². The molecule has 8 nitrogen and oxygen atoms in total. The molecule has 1 atom stereocenters. The predicted octanol–water partition coefficient (Wildman–Crippen LogP) is 1.68. The zero-order valence-corrected chi connectivity index (χ0v) is 13.9. The molecule has 24 heavy (non-hydrogen) atoms. The van der Waals surface area contributed by atoms with E-state index in [1.54, 1.807) is 18.2 Å². The SMILES string of the molecule is NC(CO)OCNCCNc1cccc2c(S(O)(O)O)cccc12. The van der Waals surface area contributed by atoms with E-state index < -0.39 is 17.1 Å². The van der Waals surface area contributed by atoms with Gasteiger partial charge < -0.3 is 34.6 Å². The molecule has 0 spiro atoms. The van der Waals surface area contributed by atoms with Crippen molar-refractivity contribution in [1.29, 1.82) is 0 Å². The molecule has 0 aromatic heterocycles. The Morgan fingerprint density at radius 1 is 1.04 bits per heavy atom. The van der Waals surface area contributed by atoms with Gasteiger partial charge in [-0.2, -0.15) is 0 Å². The van der Waals surface area contributed by atoms with Crippen LogP contribution in [0, 0.1) is 0 Å². The molecule has 0 bridgehead atoms. The second kappa shape index (κ2) is 8.60. The number of nitrogens with one attached hydrogen (secondary N) is 2. The average Bonchev–Trinajstić information content (AvgIpc) is 2.56. The summed E-state index contributed by atoms with van der Waals surface area (Å²) in [5.41, 5.74) is 6.22. The highest BCUT2D eigenvalue weighted by Gasteiger charge is 2.19. The summed E-state index contributed by atoms with van der Waals surface area (Å²) in [7, 11) is -3.78. The molecule has 0 saturated heterocycles. The van der Waals surface area contributed by atoms with Crippen LogP contribution in [0.2, 0.25) is 0 Å². The molecule has 0 aliphatic rings. The summed E-state index contributed by atoms with van der Waals surface area (Å²) in [5, 5.41) is 16.3. The van der Waals surface area contributed by atoms with Gasteiger partial charge in [-0.3, -0.25) is 5.32 Å². The minimum Gasteiger partial charge on any atom is -0.392 e. The molecule has 8 N–H and O–H groups in total. The first-order valence-corrected chi connectivity index (χ1v) is 8.89. The van der Waals surface area contributed by atoms with Crippen molar-refractivity contribution in [3.8, 4) is 0 Å². The lowest BCUT2D eigenvalue weighted by molar-refractivity contribution is 0.00829. The maximum Gasteiger partial charge on any atom is 0.130 e. The van der Waals surface area contributed by atoms with E-state index in [2.05, 4.69) is 10.6 Å². The van der Waals surface area contributed by atoms with Crippen molar-refractivity contribution in [2.45, 2.75) is 11.1 Å². The summed E-state index contributed by atoms with van der Waals surface area (Å²) in [6.07, 6.45) is -0.694. The molecule has 9 heteroatoms. The standard InChI is InChI=1S/C15H23N3O5S/c16-15(9-19)23-10-17-7-8-18-13-5-1-4-12-11(13)3-2-6-14(12)24(20,21)22/h1-6,15,17-22H,7-10,16H2. The topological polar surface area (TPSA) is 140 Å². The van der Waals surface area contributed by atoms with Crippen molar-refractivity contribution in [2.75, 3.05) is 31.7 Å². The number of benzene rings is 2. The Morgan fingerprint density at radius 2 is 1.75 bits per heavy atom. The number of nitrogens with two attached hydrogens (primary N) is 1. The largest absolute Gasteiger partial charge is 0.392 e. The molecule has 0 radical (unpaired) electrons. The van der Waals surface area contributed by atoms with E-state index in [-0.39, 0.29) is 18.2 Å². The van der Waals surface area contributed by atoms with Crippen LogP contribution < -0.4 is 16.4 Å². The lowest BCUT2D eigenvalue weighted by atomic mass is 10.1. The molecule has 2 aromatic rings. The Morgan fingerprint density at radius 3 is 2.46 bits per heavy atom. The fourth-order valence-electron chi connectivity index (χ4n) is 2.25. The fraction of sp³-hybridized carbons (Fsp3) is 0.333. The van der Waals surface area contributed by atoms with Gasteiger partial charge in [-0.05, 0) is 12.1 Å². The smallest absolute Gasteiger partial charge is 0.130 e. The van der Waals surface area contributed by atoms with Crippen LogP contribution in [0.5, 0.6) is 0 Å². The summed E-state index contributed by atoms with van der Waals surface area (Å²) < 4.78 is 33.7. The van der Waals surface area contributed by atoms with E-state index in [1.807, 2.05) is 12.1 Å². The molecule has 1 unspecified atom stereocenters. The highest BCUT2D eigenvalue weighted by atomic mass is 32.3. The number of fused-ring (bicyclic) bond motifs is 1. The van der Waals surface area contributed by atoms with Crippen molar-refractivity contribution >= 4 is 27.3 Å².